The van der Waals surface area contributed by atoms with Crippen LogP contribution in [-0.2, 0) is 9.59 Å². The van der Waals surface area contributed by atoms with Crippen molar-refractivity contribution in [1.82, 2.24) is 21.3 Å². The number of carbonyl (C=O) groups excluding carboxylic acids is 2. The monoisotopic (exact) mass is 439 g/mol. The van der Waals surface area contributed by atoms with Crippen LogP contribution in [0.2, 0.25) is 0 Å². The Morgan fingerprint density at radius 1 is 1.37 bits per heavy atom. The van der Waals surface area contributed by atoms with Crippen molar-refractivity contribution in [3.05, 3.63) is 22.1 Å². The number of aliphatic hydroxyl groups is 1. The zero-order valence-corrected chi connectivity index (χ0v) is 16.6. The number of nitrogens with two attached hydrogens (primary N) is 1. The first kappa shape index (κ1) is 18.6. The summed E-state index contributed by atoms with van der Waals surface area (Å²) >= 11 is 3.21. The first-order valence-corrected chi connectivity index (χ1v) is 10.3. The lowest BCUT2D eigenvalue weighted by Gasteiger charge is -2.31. The predicted molar refractivity (Wildman–Crippen MR) is 103 cm³/mol. The van der Waals surface area contributed by atoms with Crippen LogP contribution in [0.4, 0.5) is 0 Å². The molecule has 148 valence electrons. The summed E-state index contributed by atoms with van der Waals surface area (Å²) in [6.07, 6.45) is 5.77. The van der Waals surface area contributed by atoms with Crippen LogP contribution in [0.5, 0.6) is 0 Å². The van der Waals surface area contributed by atoms with Gasteiger partial charge in [0.15, 0.2) is 0 Å². The SMILES string of the molecule is N/C(NC1C2CC3CC2CC31O)=C(/Br)C(=O)NCC(=O)NCC1=CNCC1. The molecular weight excluding hydrogens is 414 g/mol. The van der Waals surface area contributed by atoms with Crippen LogP contribution in [-0.4, -0.2) is 48.2 Å². The number of nitrogens with one attached hydrogen (secondary N) is 4. The van der Waals surface area contributed by atoms with E-state index in [1.807, 2.05) is 6.20 Å². The number of halogens is 1. The molecule has 0 aromatic carbocycles. The molecule has 5 rings (SSSR count). The summed E-state index contributed by atoms with van der Waals surface area (Å²) in [5.74, 6) is 0.815. The molecule has 0 saturated heterocycles. The van der Waals surface area contributed by atoms with E-state index in [0.29, 0.717) is 24.3 Å². The van der Waals surface area contributed by atoms with Crippen LogP contribution in [0.1, 0.15) is 25.7 Å². The smallest absolute Gasteiger partial charge is 0.262 e. The van der Waals surface area contributed by atoms with Gasteiger partial charge in [-0.25, -0.2) is 0 Å². The quantitative estimate of drug-likeness (QED) is 0.293. The van der Waals surface area contributed by atoms with Crippen molar-refractivity contribution < 1.29 is 14.7 Å². The number of rotatable bonds is 7. The Kier molecular flexibility index (Phi) is 4.84. The van der Waals surface area contributed by atoms with Gasteiger partial charge < -0.3 is 32.1 Å². The summed E-state index contributed by atoms with van der Waals surface area (Å²) in [4.78, 5) is 24.1. The number of amides is 2. The van der Waals surface area contributed by atoms with Crippen LogP contribution in [0.15, 0.2) is 22.1 Å². The first-order chi connectivity index (χ1) is 12.9. The molecule has 0 aromatic rings. The molecule has 27 heavy (non-hydrogen) atoms. The van der Waals surface area contributed by atoms with Gasteiger partial charge in [-0.2, -0.15) is 0 Å². The normalized spacial score (nSPS) is 36.3. The molecule has 1 aliphatic heterocycles. The molecule has 5 atom stereocenters. The van der Waals surface area contributed by atoms with Gasteiger partial charge in [0.25, 0.3) is 5.91 Å². The van der Waals surface area contributed by atoms with Gasteiger partial charge in [0.05, 0.1) is 18.2 Å². The van der Waals surface area contributed by atoms with E-state index >= 15 is 0 Å². The second-order valence-corrected chi connectivity index (χ2v) is 8.90. The lowest BCUT2D eigenvalue weighted by molar-refractivity contribution is -0.123. The summed E-state index contributed by atoms with van der Waals surface area (Å²) in [6, 6.07) is -0.0989. The molecule has 9 heteroatoms. The van der Waals surface area contributed by atoms with Crippen LogP contribution >= 0.6 is 15.9 Å². The van der Waals surface area contributed by atoms with Crippen LogP contribution in [0.3, 0.4) is 0 Å². The molecule has 0 aromatic heterocycles. The Morgan fingerprint density at radius 2 is 2.19 bits per heavy atom. The summed E-state index contributed by atoms with van der Waals surface area (Å²) in [6.45, 7) is 1.25. The highest BCUT2D eigenvalue weighted by molar-refractivity contribution is 9.12. The lowest BCUT2D eigenvalue weighted by Crippen LogP contribution is -2.50. The molecule has 4 fully saturated rings. The number of hydrogen-bond donors (Lipinski definition) is 6. The lowest BCUT2D eigenvalue weighted by atomic mass is 9.91. The molecule has 8 nitrogen and oxygen atoms in total. The minimum absolute atomic E-state index is 0.0989. The van der Waals surface area contributed by atoms with E-state index in [1.165, 1.54) is 0 Å². The van der Waals surface area contributed by atoms with Crippen LogP contribution < -0.4 is 27.0 Å². The van der Waals surface area contributed by atoms with Gasteiger partial charge in [-0.3, -0.25) is 9.59 Å². The van der Waals surface area contributed by atoms with Crippen LogP contribution in [0, 0.1) is 17.8 Å². The van der Waals surface area contributed by atoms with E-state index < -0.39 is 11.5 Å². The van der Waals surface area contributed by atoms with Crippen molar-refractivity contribution in [2.24, 2.45) is 23.5 Å². The van der Waals surface area contributed by atoms with Crippen molar-refractivity contribution >= 4 is 27.7 Å². The maximum absolute atomic E-state index is 12.3. The predicted octanol–water partition coefficient (Wildman–Crippen LogP) is -0.632. The molecule has 7 N–H and O–H groups in total. The van der Waals surface area contributed by atoms with Crippen molar-refractivity contribution in [3.8, 4) is 0 Å². The van der Waals surface area contributed by atoms with Crippen molar-refractivity contribution in [1.29, 1.82) is 0 Å². The fourth-order valence-corrected chi connectivity index (χ4v) is 5.56. The van der Waals surface area contributed by atoms with E-state index in [4.69, 9.17) is 5.73 Å². The standard InChI is InChI=1S/C18H26BrN5O3/c19-14(17(26)23-8-13(25)22-7-9-1-2-21-6-9)16(20)24-15-12-4-11-3-10(12)5-18(11,15)27/h6,10-12,15,21,24,27H,1-5,7-8,20H2,(H,22,25)(H,23,26)/b16-14-. The van der Waals surface area contributed by atoms with Gasteiger partial charge in [0, 0.05) is 13.1 Å². The maximum Gasteiger partial charge on any atom is 0.262 e. The second-order valence-electron chi connectivity index (χ2n) is 8.10. The molecule has 4 aliphatic carbocycles. The third kappa shape index (κ3) is 3.31. The molecule has 0 radical (unpaired) electrons. The summed E-state index contributed by atoms with van der Waals surface area (Å²) in [5, 5.41) is 22.5. The third-order valence-electron chi connectivity index (χ3n) is 6.58. The third-order valence-corrected chi connectivity index (χ3v) is 7.37. The molecule has 5 unspecified atom stereocenters. The Hall–Kier alpha value is -1.74. The Labute approximate surface area is 166 Å². The highest BCUT2D eigenvalue weighted by atomic mass is 79.9. The van der Waals surface area contributed by atoms with Gasteiger partial charge in [-0.1, -0.05) is 0 Å². The molecular formula is C18H26BrN5O3. The summed E-state index contributed by atoms with van der Waals surface area (Å²) in [7, 11) is 0. The second kappa shape index (κ2) is 7.01. The Balaban J connectivity index is 1.26. The number of hydrogen-bond acceptors (Lipinski definition) is 6. The summed E-state index contributed by atoms with van der Waals surface area (Å²) in [5.41, 5.74) is 6.48. The van der Waals surface area contributed by atoms with E-state index in [2.05, 4.69) is 37.2 Å². The van der Waals surface area contributed by atoms with E-state index in [9.17, 15) is 14.7 Å². The van der Waals surface area contributed by atoms with Gasteiger partial charge >= 0.3 is 0 Å². The van der Waals surface area contributed by atoms with Gasteiger partial charge in [0.1, 0.15) is 10.3 Å². The molecule has 0 spiro atoms. The topological polar surface area (TPSA) is 129 Å². The van der Waals surface area contributed by atoms with Gasteiger partial charge in [-0.05, 0) is 71.1 Å². The average molecular weight is 440 g/mol. The fourth-order valence-electron chi connectivity index (χ4n) is 5.31. The molecule has 5 aliphatic rings. The highest BCUT2D eigenvalue weighted by Crippen LogP contribution is 2.65. The van der Waals surface area contributed by atoms with E-state index in [1.54, 1.807) is 0 Å². The Bertz CT molecular complexity index is 724. The molecule has 2 amide bonds. The van der Waals surface area contributed by atoms with Crippen LogP contribution in [0.25, 0.3) is 0 Å². The Morgan fingerprint density at radius 3 is 2.78 bits per heavy atom. The largest absolute Gasteiger partial charge is 0.391 e. The van der Waals surface area contributed by atoms with Crippen molar-refractivity contribution in [2.75, 3.05) is 19.6 Å². The summed E-state index contributed by atoms with van der Waals surface area (Å²) < 4.78 is 0.154. The average Bonchev–Trinajstić information content (AvgIpc) is 3.42. The molecule has 4 bridgehead atoms. The highest BCUT2D eigenvalue weighted by Gasteiger charge is 2.68. The first-order valence-electron chi connectivity index (χ1n) is 9.49. The van der Waals surface area contributed by atoms with Gasteiger partial charge in [-0.15, -0.1) is 0 Å². The van der Waals surface area contributed by atoms with Crippen molar-refractivity contribution in [3.63, 3.8) is 0 Å². The zero-order chi connectivity index (χ0) is 19.2. The minimum atomic E-state index is -0.701. The zero-order valence-electron chi connectivity index (χ0n) is 15.1. The van der Waals surface area contributed by atoms with Crippen molar-refractivity contribution in [2.45, 2.75) is 37.3 Å². The van der Waals surface area contributed by atoms with Gasteiger partial charge in [0.2, 0.25) is 5.91 Å². The molecule has 4 saturated carbocycles. The van der Waals surface area contributed by atoms with E-state index in [0.717, 1.165) is 37.8 Å². The van der Waals surface area contributed by atoms with E-state index in [-0.39, 0.29) is 28.8 Å². The number of carbonyl (C=O) groups is 2. The maximum atomic E-state index is 12.3. The fraction of sp³-hybridized carbons (Fsp3) is 0.667. The minimum Gasteiger partial charge on any atom is -0.391 e. The molecule has 1 heterocycles.